The summed E-state index contributed by atoms with van der Waals surface area (Å²) < 4.78 is 2.53. The predicted molar refractivity (Wildman–Crippen MR) is 327 cm³/mol. The molecule has 0 amide bonds. The summed E-state index contributed by atoms with van der Waals surface area (Å²) in [6.45, 7) is 0. The molecule has 3 nitrogen and oxygen atoms in total. The maximum atomic E-state index is 2.53. The number of benzene rings is 13. The first-order valence-corrected chi connectivity index (χ1v) is 27.0. The van der Waals surface area contributed by atoms with Gasteiger partial charge in [0.15, 0.2) is 0 Å². The van der Waals surface area contributed by atoms with E-state index in [-0.39, 0.29) is 0 Å². The number of anilines is 6. The van der Waals surface area contributed by atoms with Gasteiger partial charge in [-0.25, -0.2) is 0 Å². The van der Waals surface area contributed by atoms with Crippen LogP contribution in [0.2, 0.25) is 0 Å². The summed E-state index contributed by atoms with van der Waals surface area (Å²) in [7, 11) is 0. The van der Waals surface area contributed by atoms with Crippen molar-refractivity contribution in [2.45, 2.75) is 5.41 Å². The molecule has 0 saturated carbocycles. The second kappa shape index (κ2) is 17.4. The Kier molecular flexibility index (Phi) is 9.85. The molecule has 364 valence electrons. The summed E-state index contributed by atoms with van der Waals surface area (Å²) in [6, 6.07) is 110. The van der Waals surface area contributed by atoms with Crippen LogP contribution in [-0.2, 0) is 5.41 Å². The highest BCUT2D eigenvalue weighted by atomic mass is 15.1. The van der Waals surface area contributed by atoms with Crippen molar-refractivity contribution in [3.63, 3.8) is 0 Å². The molecule has 0 radical (unpaired) electrons. The van der Waals surface area contributed by atoms with Gasteiger partial charge in [-0.05, 0) is 174 Å². The Morgan fingerprint density at radius 1 is 0.256 bits per heavy atom. The normalized spacial score (nSPS) is 12.7. The molecule has 1 aromatic heterocycles. The Morgan fingerprint density at radius 3 is 1.24 bits per heavy atom. The molecule has 78 heavy (non-hydrogen) atoms. The molecule has 1 aliphatic heterocycles. The van der Waals surface area contributed by atoms with Gasteiger partial charge in [0.25, 0.3) is 0 Å². The lowest BCUT2D eigenvalue weighted by atomic mass is 9.65. The first kappa shape index (κ1) is 44.1. The van der Waals surface area contributed by atoms with Crippen molar-refractivity contribution in [3.05, 3.63) is 320 Å². The zero-order valence-corrected chi connectivity index (χ0v) is 42.6. The average Bonchev–Trinajstić information content (AvgIpc) is 3.85. The molecule has 0 fully saturated rings. The third kappa shape index (κ3) is 6.65. The van der Waals surface area contributed by atoms with Gasteiger partial charge in [0.05, 0.1) is 22.1 Å². The minimum absolute atomic E-state index is 0.628. The standard InChI is InChI=1S/C75H49N3/c1-3-20-58(21-4-1)76(62-42-34-50-16-7-9-18-54(50)46-62)60-38-30-52(31-39-60)56-36-44-64-65-45-37-57(53-32-40-61(41-33-53)77(59-22-5-2-6-23-59)63-43-35-51-17-8-10-19-55(51)47-63)49-71(65)75(70(64)48-56)68-26-12-14-29-73(68)78-72-28-13-11-24-66(72)67-25-15-27-69(75)74(67)78/h1-49H. The molecule has 0 bridgehead atoms. The zero-order chi connectivity index (χ0) is 51.3. The van der Waals surface area contributed by atoms with E-state index in [1.54, 1.807) is 0 Å². The fraction of sp³-hybridized carbons (Fsp3) is 0.0133. The minimum atomic E-state index is -0.628. The Labute approximate surface area is 453 Å². The van der Waals surface area contributed by atoms with Gasteiger partial charge in [-0.3, -0.25) is 0 Å². The second-order valence-electron chi connectivity index (χ2n) is 20.8. The molecular formula is C75H49N3. The molecule has 3 heteroatoms. The Balaban J connectivity index is 0.859. The maximum Gasteiger partial charge on any atom is 0.0754 e. The number of para-hydroxylation sites is 5. The van der Waals surface area contributed by atoms with Crippen molar-refractivity contribution >= 4 is 77.5 Å². The van der Waals surface area contributed by atoms with Crippen LogP contribution < -0.4 is 9.80 Å². The first-order chi connectivity index (χ1) is 38.7. The number of rotatable bonds is 8. The molecular weight excluding hydrogens is 943 g/mol. The van der Waals surface area contributed by atoms with E-state index < -0.39 is 5.41 Å². The smallest absolute Gasteiger partial charge is 0.0754 e. The van der Waals surface area contributed by atoms with Gasteiger partial charge in [0.1, 0.15) is 0 Å². The molecule has 0 atom stereocenters. The van der Waals surface area contributed by atoms with E-state index in [0.29, 0.717) is 0 Å². The molecule has 0 saturated heterocycles. The lowest BCUT2D eigenvalue weighted by Gasteiger charge is -2.40. The van der Waals surface area contributed by atoms with E-state index in [1.807, 2.05) is 0 Å². The minimum Gasteiger partial charge on any atom is -0.310 e. The van der Waals surface area contributed by atoms with E-state index in [9.17, 15) is 0 Å². The fourth-order valence-corrected chi connectivity index (χ4v) is 13.3. The van der Waals surface area contributed by atoms with E-state index >= 15 is 0 Å². The zero-order valence-electron chi connectivity index (χ0n) is 42.6. The van der Waals surface area contributed by atoms with E-state index in [0.717, 1.165) is 34.1 Å². The molecule has 1 aliphatic carbocycles. The summed E-state index contributed by atoms with van der Waals surface area (Å²) in [4.78, 5) is 4.72. The first-order valence-electron chi connectivity index (χ1n) is 27.0. The van der Waals surface area contributed by atoms with Gasteiger partial charge in [-0.2, -0.15) is 0 Å². The molecule has 2 aliphatic rings. The number of aromatic nitrogens is 1. The molecule has 13 aromatic carbocycles. The lowest BCUT2D eigenvalue weighted by molar-refractivity contribution is 0.749. The SMILES string of the molecule is c1ccc(N(c2ccc(-c3ccc4c(c3)C3(c5cc(-c6ccc(N(c7ccccc7)c7ccc8ccccc8c7)cc6)ccc5-4)c4ccccc4-n4c5ccccc5c5cccc3c54)cc2)c2ccc3ccccc3c2)cc1. The quantitative estimate of drug-likeness (QED) is 0.150. The largest absolute Gasteiger partial charge is 0.310 e. The molecule has 0 unspecified atom stereocenters. The van der Waals surface area contributed by atoms with Crippen molar-refractivity contribution in [1.82, 2.24) is 4.57 Å². The highest BCUT2D eigenvalue weighted by Crippen LogP contribution is 2.62. The van der Waals surface area contributed by atoms with Crippen LogP contribution in [0.15, 0.2) is 297 Å². The van der Waals surface area contributed by atoms with Crippen molar-refractivity contribution in [1.29, 1.82) is 0 Å². The van der Waals surface area contributed by atoms with Gasteiger partial charge in [0, 0.05) is 44.9 Å². The van der Waals surface area contributed by atoms with Crippen molar-refractivity contribution in [2.24, 2.45) is 0 Å². The number of hydrogen-bond donors (Lipinski definition) is 0. The van der Waals surface area contributed by atoms with E-state index in [2.05, 4.69) is 312 Å². The van der Waals surface area contributed by atoms with Crippen LogP contribution in [0.4, 0.5) is 34.1 Å². The highest BCUT2D eigenvalue weighted by molar-refractivity contribution is 6.13. The van der Waals surface area contributed by atoms with Gasteiger partial charge < -0.3 is 14.4 Å². The molecule has 14 aromatic rings. The van der Waals surface area contributed by atoms with Crippen LogP contribution in [0.3, 0.4) is 0 Å². The number of hydrogen-bond acceptors (Lipinski definition) is 2. The van der Waals surface area contributed by atoms with Crippen LogP contribution in [0.5, 0.6) is 0 Å². The number of nitrogens with zero attached hydrogens (tertiary/aromatic N) is 3. The summed E-state index contributed by atoms with van der Waals surface area (Å²) in [5.41, 5.74) is 22.2. The van der Waals surface area contributed by atoms with Crippen LogP contribution in [0.1, 0.15) is 22.3 Å². The molecule has 0 N–H and O–H groups in total. The number of fused-ring (bicyclic) bond motifs is 14. The summed E-state index contributed by atoms with van der Waals surface area (Å²) >= 11 is 0. The third-order valence-electron chi connectivity index (χ3n) is 16.7. The van der Waals surface area contributed by atoms with Crippen LogP contribution in [0, 0.1) is 0 Å². The van der Waals surface area contributed by atoms with Gasteiger partial charge >= 0.3 is 0 Å². The Bertz CT molecular complexity index is 4450. The second-order valence-corrected chi connectivity index (χ2v) is 20.8. The maximum absolute atomic E-state index is 2.53. The van der Waals surface area contributed by atoms with Crippen LogP contribution in [-0.4, -0.2) is 4.57 Å². The molecule has 2 heterocycles. The van der Waals surface area contributed by atoms with Gasteiger partial charge in [-0.1, -0.05) is 200 Å². The summed E-state index contributed by atoms with van der Waals surface area (Å²) in [6.07, 6.45) is 0. The third-order valence-corrected chi connectivity index (χ3v) is 16.7. The topological polar surface area (TPSA) is 11.4 Å². The summed E-state index contributed by atoms with van der Waals surface area (Å²) in [5, 5.41) is 7.43. The van der Waals surface area contributed by atoms with Crippen LogP contribution >= 0.6 is 0 Å². The monoisotopic (exact) mass is 991 g/mol. The molecule has 1 spiro atoms. The van der Waals surface area contributed by atoms with Crippen molar-refractivity contribution in [2.75, 3.05) is 9.80 Å². The average molecular weight is 992 g/mol. The molecule has 16 rings (SSSR count). The Morgan fingerprint density at radius 2 is 0.679 bits per heavy atom. The lowest BCUT2D eigenvalue weighted by Crippen LogP contribution is -2.33. The Hall–Kier alpha value is -10.2. The van der Waals surface area contributed by atoms with Crippen molar-refractivity contribution < 1.29 is 0 Å². The fourth-order valence-electron chi connectivity index (χ4n) is 13.3. The highest BCUT2D eigenvalue weighted by Gasteiger charge is 2.51. The van der Waals surface area contributed by atoms with Gasteiger partial charge in [0.2, 0.25) is 0 Å². The predicted octanol–water partition coefficient (Wildman–Crippen LogP) is 20.0. The van der Waals surface area contributed by atoms with E-state index in [1.165, 1.54) is 105 Å². The van der Waals surface area contributed by atoms with Crippen LogP contribution in [0.25, 0.3) is 82.4 Å². The summed E-state index contributed by atoms with van der Waals surface area (Å²) in [5.74, 6) is 0. The van der Waals surface area contributed by atoms with E-state index in [4.69, 9.17) is 0 Å². The van der Waals surface area contributed by atoms with Crippen molar-refractivity contribution in [3.8, 4) is 39.1 Å². The van der Waals surface area contributed by atoms with Gasteiger partial charge in [-0.15, -0.1) is 0 Å².